The van der Waals surface area contributed by atoms with Crippen molar-refractivity contribution in [2.75, 3.05) is 13.2 Å². The van der Waals surface area contributed by atoms with Crippen LogP contribution in [0, 0.1) is 12.3 Å². The minimum absolute atomic E-state index is 0.0871. The first-order valence-corrected chi connectivity index (χ1v) is 12.4. The summed E-state index contributed by atoms with van der Waals surface area (Å²) in [4.78, 5) is 23.1. The summed E-state index contributed by atoms with van der Waals surface area (Å²) in [5.41, 5.74) is 3.28. The number of carboxylic acid groups (broad SMARTS) is 1. The van der Waals surface area contributed by atoms with Gasteiger partial charge in [-0.3, -0.25) is 9.59 Å². The van der Waals surface area contributed by atoms with E-state index in [2.05, 4.69) is 43.4 Å². The van der Waals surface area contributed by atoms with E-state index in [-0.39, 0.29) is 23.2 Å². The molecule has 3 N–H and O–H groups in total. The first-order chi connectivity index (χ1) is 16.9. The Kier molecular flexibility index (Phi) is 8.14. The van der Waals surface area contributed by atoms with Crippen molar-refractivity contribution < 1.29 is 29.0 Å². The highest BCUT2D eigenvalue weighted by molar-refractivity contribution is 5.98. The van der Waals surface area contributed by atoms with E-state index in [1.165, 1.54) is 0 Å². The van der Waals surface area contributed by atoms with Crippen LogP contribution < -0.4 is 10.1 Å². The molecule has 0 saturated heterocycles. The van der Waals surface area contributed by atoms with Crippen molar-refractivity contribution in [2.45, 2.75) is 65.9 Å². The average molecular weight is 496 g/mol. The molecule has 0 aliphatic carbocycles. The molecule has 1 heterocycles. The predicted octanol–water partition coefficient (Wildman–Crippen LogP) is 5.45. The van der Waals surface area contributed by atoms with Crippen molar-refractivity contribution >= 4 is 22.8 Å². The van der Waals surface area contributed by atoms with Crippen molar-refractivity contribution in [1.29, 1.82) is 0 Å². The number of rotatable bonds is 10. The summed E-state index contributed by atoms with van der Waals surface area (Å²) >= 11 is 0. The molecule has 2 aromatic carbocycles. The number of nitrogens with one attached hydrogen (secondary N) is 1. The number of hydrogen-bond acceptors (Lipinski definition) is 5. The fraction of sp³-hybridized carbons (Fsp3) is 0.448. The molecular formula is C29H37NO6. The lowest BCUT2D eigenvalue weighted by atomic mass is 9.70. The quantitative estimate of drug-likeness (QED) is 0.345. The zero-order chi connectivity index (χ0) is 26.7. The van der Waals surface area contributed by atoms with Gasteiger partial charge in [0.25, 0.3) is 5.91 Å². The number of amides is 1. The minimum Gasteiger partial charge on any atom is -0.491 e. The fourth-order valence-electron chi connectivity index (χ4n) is 4.49. The Morgan fingerprint density at radius 2 is 1.67 bits per heavy atom. The van der Waals surface area contributed by atoms with E-state index < -0.39 is 24.5 Å². The highest BCUT2D eigenvalue weighted by atomic mass is 16.5. The highest BCUT2D eigenvalue weighted by Crippen LogP contribution is 2.41. The lowest BCUT2D eigenvalue weighted by Crippen LogP contribution is -2.32. The third-order valence-electron chi connectivity index (χ3n) is 7.00. The van der Waals surface area contributed by atoms with Crippen LogP contribution in [0.2, 0.25) is 0 Å². The van der Waals surface area contributed by atoms with Gasteiger partial charge >= 0.3 is 5.97 Å². The Balaban J connectivity index is 1.92. The van der Waals surface area contributed by atoms with Gasteiger partial charge < -0.3 is 24.7 Å². The molecule has 0 bridgehead atoms. The Morgan fingerprint density at radius 1 is 1.03 bits per heavy atom. The number of fused-ring (bicyclic) bond motifs is 1. The van der Waals surface area contributed by atoms with E-state index in [0.29, 0.717) is 11.3 Å². The van der Waals surface area contributed by atoms with Gasteiger partial charge in [-0.2, -0.15) is 0 Å². The van der Waals surface area contributed by atoms with Gasteiger partial charge in [0.05, 0.1) is 6.10 Å². The SMILES string of the molecule is CCC(CC)(c1ccc(OCC(O)C(C)(C)C)cc1)c1cc(C)c2oc(C(=O)NCC(=O)O)cc2c1. The van der Waals surface area contributed by atoms with E-state index in [1.54, 1.807) is 6.07 Å². The molecule has 3 rings (SSSR count). The van der Waals surface area contributed by atoms with Crippen molar-refractivity contribution in [3.05, 3.63) is 64.9 Å². The van der Waals surface area contributed by atoms with Gasteiger partial charge in [0, 0.05) is 10.8 Å². The Morgan fingerprint density at radius 3 is 2.22 bits per heavy atom. The Bertz CT molecular complexity index is 1220. The molecule has 0 spiro atoms. The minimum atomic E-state index is -1.12. The van der Waals surface area contributed by atoms with Crippen molar-refractivity contribution in [1.82, 2.24) is 5.32 Å². The third-order valence-corrected chi connectivity index (χ3v) is 7.00. The maximum absolute atomic E-state index is 12.3. The third kappa shape index (κ3) is 5.73. The molecule has 36 heavy (non-hydrogen) atoms. The summed E-state index contributed by atoms with van der Waals surface area (Å²) in [6.07, 6.45) is 1.16. The van der Waals surface area contributed by atoms with E-state index in [1.807, 2.05) is 39.8 Å². The summed E-state index contributed by atoms with van der Waals surface area (Å²) in [5, 5.41) is 22.2. The predicted molar refractivity (Wildman–Crippen MR) is 140 cm³/mol. The molecule has 0 saturated carbocycles. The first kappa shape index (κ1) is 27.3. The average Bonchev–Trinajstić information content (AvgIpc) is 3.27. The zero-order valence-electron chi connectivity index (χ0n) is 22.0. The molecule has 7 nitrogen and oxygen atoms in total. The van der Waals surface area contributed by atoms with Gasteiger partial charge in [-0.25, -0.2) is 0 Å². The van der Waals surface area contributed by atoms with Gasteiger partial charge in [-0.05, 0) is 66.1 Å². The molecule has 0 aliphatic rings. The normalized spacial score (nSPS) is 13.0. The van der Waals surface area contributed by atoms with E-state index >= 15 is 0 Å². The molecule has 1 aromatic heterocycles. The number of hydrogen-bond donors (Lipinski definition) is 3. The molecule has 1 unspecified atom stereocenters. The van der Waals surface area contributed by atoms with Gasteiger partial charge in [-0.1, -0.05) is 52.8 Å². The molecule has 7 heteroatoms. The maximum Gasteiger partial charge on any atom is 0.322 e. The Hall–Kier alpha value is -3.32. The van der Waals surface area contributed by atoms with Gasteiger partial charge in [-0.15, -0.1) is 0 Å². The van der Waals surface area contributed by atoms with Gasteiger partial charge in [0.15, 0.2) is 5.76 Å². The van der Waals surface area contributed by atoms with Crippen LogP contribution in [0.15, 0.2) is 46.9 Å². The summed E-state index contributed by atoms with van der Waals surface area (Å²) in [6.45, 7) is 12.0. The number of aliphatic hydroxyl groups excluding tert-OH is 1. The molecule has 0 aliphatic heterocycles. The van der Waals surface area contributed by atoms with E-state index in [4.69, 9.17) is 14.3 Å². The Labute approximate surface area is 212 Å². The van der Waals surface area contributed by atoms with Crippen LogP contribution in [0.4, 0.5) is 0 Å². The number of benzene rings is 2. The van der Waals surface area contributed by atoms with Crippen LogP contribution in [0.3, 0.4) is 0 Å². The number of furan rings is 1. The van der Waals surface area contributed by atoms with Crippen LogP contribution in [-0.4, -0.2) is 41.3 Å². The highest BCUT2D eigenvalue weighted by Gasteiger charge is 2.32. The summed E-state index contributed by atoms with van der Waals surface area (Å²) in [6, 6.07) is 13.9. The number of aliphatic carboxylic acids is 1. The number of ether oxygens (including phenoxy) is 1. The van der Waals surface area contributed by atoms with Crippen molar-refractivity contribution in [2.24, 2.45) is 5.41 Å². The van der Waals surface area contributed by atoms with Gasteiger partial charge in [0.2, 0.25) is 0 Å². The summed E-state index contributed by atoms with van der Waals surface area (Å²) in [5.74, 6) is -0.875. The molecule has 0 fully saturated rings. The monoisotopic (exact) mass is 495 g/mol. The number of carboxylic acids is 1. The molecule has 194 valence electrons. The van der Waals surface area contributed by atoms with E-state index in [0.717, 1.165) is 34.9 Å². The summed E-state index contributed by atoms with van der Waals surface area (Å²) < 4.78 is 11.6. The number of carbonyl (C=O) groups is 2. The van der Waals surface area contributed by atoms with Crippen molar-refractivity contribution in [3.63, 3.8) is 0 Å². The molecule has 1 atom stereocenters. The second-order valence-corrected chi connectivity index (χ2v) is 10.4. The molecule has 0 radical (unpaired) electrons. The summed E-state index contributed by atoms with van der Waals surface area (Å²) in [7, 11) is 0. The van der Waals surface area contributed by atoms with Crippen LogP contribution in [0.1, 0.15) is 74.7 Å². The smallest absolute Gasteiger partial charge is 0.322 e. The first-order valence-electron chi connectivity index (χ1n) is 12.4. The fourth-order valence-corrected chi connectivity index (χ4v) is 4.49. The van der Waals surface area contributed by atoms with Crippen LogP contribution >= 0.6 is 0 Å². The van der Waals surface area contributed by atoms with Crippen LogP contribution in [0.5, 0.6) is 5.75 Å². The van der Waals surface area contributed by atoms with E-state index in [9.17, 15) is 14.7 Å². The zero-order valence-corrected chi connectivity index (χ0v) is 22.0. The van der Waals surface area contributed by atoms with Crippen LogP contribution in [-0.2, 0) is 10.2 Å². The number of aliphatic hydroxyl groups is 1. The van der Waals surface area contributed by atoms with Crippen LogP contribution in [0.25, 0.3) is 11.0 Å². The standard InChI is InChI=1S/C29H37NO6/c1-7-29(8-2,20-9-11-22(12-10-20)35-17-24(31)28(4,5)6)21-13-18(3)26-19(14-21)15-23(36-26)27(34)30-16-25(32)33/h9-15,24,31H,7-8,16-17H2,1-6H3,(H,30,34)(H,32,33). The largest absolute Gasteiger partial charge is 0.491 e. The lowest BCUT2D eigenvalue weighted by Gasteiger charge is -2.34. The molecule has 1 amide bonds. The number of carbonyl (C=O) groups excluding carboxylic acids is 1. The lowest BCUT2D eigenvalue weighted by molar-refractivity contribution is -0.135. The molecular weight excluding hydrogens is 458 g/mol. The number of aryl methyl sites for hydroxylation is 1. The second-order valence-electron chi connectivity index (χ2n) is 10.4. The topological polar surface area (TPSA) is 109 Å². The maximum atomic E-state index is 12.3. The van der Waals surface area contributed by atoms with Crippen molar-refractivity contribution in [3.8, 4) is 5.75 Å². The van der Waals surface area contributed by atoms with Gasteiger partial charge in [0.1, 0.15) is 24.5 Å². The molecule has 3 aromatic rings. The second kappa shape index (κ2) is 10.7.